The van der Waals surface area contributed by atoms with Gasteiger partial charge in [0.25, 0.3) is 0 Å². The Balaban J connectivity index is 2.89. The molecule has 0 aliphatic heterocycles. The lowest BCUT2D eigenvalue weighted by atomic mass is 10.2. The summed E-state index contributed by atoms with van der Waals surface area (Å²) in [4.78, 5) is 11.8. The minimum atomic E-state index is -0.798. The molecule has 0 aliphatic rings. The normalized spacial score (nSPS) is 10.3. The van der Waals surface area contributed by atoms with Gasteiger partial charge in [-0.25, -0.2) is 0 Å². The summed E-state index contributed by atoms with van der Waals surface area (Å²) in [7, 11) is 3.56. The summed E-state index contributed by atoms with van der Waals surface area (Å²) in [5.41, 5.74) is -0.148. The number of para-hydroxylation sites is 1. The molecule has 1 aromatic carbocycles. The standard InChI is InChI=1S/C11H16FN3O2/c1-13-7-4-8-14(2)10-6-3-5-9(12)11(10)15(16)17/h3,5-6,13H,4,7-8H2,1-2H3. The van der Waals surface area contributed by atoms with Gasteiger partial charge >= 0.3 is 5.69 Å². The molecule has 6 heteroatoms. The van der Waals surface area contributed by atoms with Crippen LogP contribution in [0.4, 0.5) is 15.8 Å². The largest absolute Gasteiger partial charge is 0.369 e. The van der Waals surface area contributed by atoms with Crippen LogP contribution in [-0.2, 0) is 0 Å². The van der Waals surface area contributed by atoms with E-state index in [1.54, 1.807) is 18.0 Å². The quantitative estimate of drug-likeness (QED) is 0.468. The van der Waals surface area contributed by atoms with E-state index < -0.39 is 16.4 Å². The molecular weight excluding hydrogens is 225 g/mol. The van der Waals surface area contributed by atoms with Gasteiger partial charge in [0.15, 0.2) is 0 Å². The molecule has 1 N–H and O–H groups in total. The number of hydrogen-bond acceptors (Lipinski definition) is 4. The van der Waals surface area contributed by atoms with Crippen molar-refractivity contribution in [1.82, 2.24) is 5.32 Å². The van der Waals surface area contributed by atoms with Crippen LogP contribution in [0.25, 0.3) is 0 Å². The van der Waals surface area contributed by atoms with Crippen LogP contribution in [0.5, 0.6) is 0 Å². The number of nitro groups is 1. The number of halogens is 1. The SMILES string of the molecule is CNCCCN(C)c1cccc(F)c1[N+](=O)[O-]. The summed E-state index contributed by atoms with van der Waals surface area (Å²) in [5, 5.41) is 13.8. The van der Waals surface area contributed by atoms with Crippen LogP contribution in [-0.4, -0.2) is 32.1 Å². The van der Waals surface area contributed by atoms with E-state index in [-0.39, 0.29) is 0 Å². The molecule has 94 valence electrons. The first kappa shape index (κ1) is 13.4. The molecule has 0 heterocycles. The maximum Gasteiger partial charge on any atom is 0.327 e. The minimum absolute atomic E-state index is 0.311. The summed E-state index contributed by atoms with van der Waals surface area (Å²) in [6, 6.07) is 4.13. The molecule has 0 spiro atoms. The highest BCUT2D eigenvalue weighted by Gasteiger charge is 2.21. The Labute approximate surface area is 99.4 Å². The summed E-state index contributed by atoms with van der Waals surface area (Å²) in [5.74, 6) is -0.798. The van der Waals surface area contributed by atoms with Crippen molar-refractivity contribution in [2.24, 2.45) is 0 Å². The molecule has 0 unspecified atom stereocenters. The molecule has 0 saturated carbocycles. The summed E-state index contributed by atoms with van der Waals surface area (Å²) in [6.07, 6.45) is 0.834. The van der Waals surface area contributed by atoms with Gasteiger partial charge in [-0.1, -0.05) is 6.07 Å². The smallest absolute Gasteiger partial charge is 0.327 e. The van der Waals surface area contributed by atoms with Crippen LogP contribution < -0.4 is 10.2 Å². The minimum Gasteiger partial charge on any atom is -0.369 e. The van der Waals surface area contributed by atoms with Crippen molar-refractivity contribution >= 4 is 11.4 Å². The third-order valence-electron chi connectivity index (χ3n) is 2.48. The molecule has 0 atom stereocenters. The van der Waals surface area contributed by atoms with Gasteiger partial charge in [-0.15, -0.1) is 0 Å². The molecule has 1 aromatic rings. The van der Waals surface area contributed by atoms with Crippen LogP contribution in [0.3, 0.4) is 0 Å². The number of hydrogen-bond donors (Lipinski definition) is 1. The Bertz CT molecular complexity index is 398. The zero-order chi connectivity index (χ0) is 12.8. The highest BCUT2D eigenvalue weighted by molar-refractivity contribution is 5.63. The molecule has 1 rings (SSSR count). The first-order valence-corrected chi connectivity index (χ1v) is 5.36. The Kier molecular flexibility index (Phi) is 4.84. The monoisotopic (exact) mass is 241 g/mol. The van der Waals surface area contributed by atoms with Gasteiger partial charge in [0.05, 0.1) is 4.92 Å². The van der Waals surface area contributed by atoms with E-state index in [1.165, 1.54) is 6.07 Å². The van der Waals surface area contributed by atoms with Crippen molar-refractivity contribution in [2.45, 2.75) is 6.42 Å². The summed E-state index contributed by atoms with van der Waals surface area (Å²) in [6.45, 7) is 1.44. The van der Waals surface area contributed by atoms with Gasteiger partial charge in [-0.2, -0.15) is 4.39 Å². The van der Waals surface area contributed by atoms with Gasteiger partial charge in [-0.05, 0) is 32.1 Å². The van der Waals surface area contributed by atoms with Crippen LogP contribution in [0.15, 0.2) is 18.2 Å². The molecule has 17 heavy (non-hydrogen) atoms. The van der Waals surface area contributed by atoms with Gasteiger partial charge in [-0.3, -0.25) is 10.1 Å². The van der Waals surface area contributed by atoms with E-state index in [0.717, 1.165) is 19.0 Å². The first-order chi connectivity index (χ1) is 8.07. The Morgan fingerprint density at radius 2 is 2.24 bits per heavy atom. The number of anilines is 1. The number of nitrogens with one attached hydrogen (secondary N) is 1. The van der Waals surface area contributed by atoms with Crippen LogP contribution in [0, 0.1) is 15.9 Å². The first-order valence-electron chi connectivity index (χ1n) is 5.36. The van der Waals surface area contributed by atoms with Gasteiger partial charge in [0, 0.05) is 13.6 Å². The van der Waals surface area contributed by atoms with E-state index >= 15 is 0 Å². The lowest BCUT2D eigenvalue weighted by Gasteiger charge is -2.19. The van der Waals surface area contributed by atoms with Crippen molar-refractivity contribution in [3.63, 3.8) is 0 Å². The van der Waals surface area contributed by atoms with Crippen LogP contribution in [0.2, 0.25) is 0 Å². The molecule has 0 amide bonds. The average molecular weight is 241 g/mol. The second kappa shape index (κ2) is 6.15. The van der Waals surface area contributed by atoms with Crippen molar-refractivity contribution in [3.05, 3.63) is 34.1 Å². The van der Waals surface area contributed by atoms with Crippen molar-refractivity contribution < 1.29 is 9.31 Å². The van der Waals surface area contributed by atoms with E-state index in [4.69, 9.17) is 0 Å². The van der Waals surface area contributed by atoms with Gasteiger partial charge in [0.2, 0.25) is 5.82 Å². The lowest BCUT2D eigenvalue weighted by molar-refractivity contribution is -0.386. The molecule has 0 aromatic heterocycles. The fraction of sp³-hybridized carbons (Fsp3) is 0.455. The zero-order valence-electron chi connectivity index (χ0n) is 9.94. The Morgan fingerprint density at radius 3 is 2.82 bits per heavy atom. The molecule has 0 bridgehead atoms. The molecular formula is C11H16FN3O2. The third-order valence-corrected chi connectivity index (χ3v) is 2.48. The molecule has 5 nitrogen and oxygen atoms in total. The number of nitrogens with zero attached hydrogens (tertiary/aromatic N) is 2. The maximum absolute atomic E-state index is 13.4. The third kappa shape index (κ3) is 3.39. The molecule has 0 aliphatic carbocycles. The van der Waals surface area contributed by atoms with E-state index in [1.807, 2.05) is 7.05 Å². The van der Waals surface area contributed by atoms with Crippen molar-refractivity contribution in [1.29, 1.82) is 0 Å². The number of nitro benzene ring substituents is 1. The lowest BCUT2D eigenvalue weighted by Crippen LogP contribution is -2.23. The highest BCUT2D eigenvalue weighted by atomic mass is 19.1. The fourth-order valence-corrected chi connectivity index (χ4v) is 1.61. The predicted octanol–water partition coefficient (Wildman–Crippen LogP) is 1.78. The zero-order valence-corrected chi connectivity index (χ0v) is 9.94. The van der Waals surface area contributed by atoms with Crippen molar-refractivity contribution in [3.8, 4) is 0 Å². The molecule has 0 fully saturated rings. The molecule has 0 radical (unpaired) electrons. The van der Waals surface area contributed by atoms with E-state index in [2.05, 4.69) is 5.32 Å². The van der Waals surface area contributed by atoms with Gasteiger partial charge < -0.3 is 10.2 Å². The Hall–Kier alpha value is -1.69. The summed E-state index contributed by atoms with van der Waals surface area (Å²) < 4.78 is 13.4. The van der Waals surface area contributed by atoms with Crippen LogP contribution >= 0.6 is 0 Å². The predicted molar refractivity (Wildman–Crippen MR) is 64.9 cm³/mol. The van der Waals surface area contributed by atoms with Gasteiger partial charge in [0.1, 0.15) is 5.69 Å². The van der Waals surface area contributed by atoms with E-state index in [9.17, 15) is 14.5 Å². The fourth-order valence-electron chi connectivity index (χ4n) is 1.61. The average Bonchev–Trinajstić information content (AvgIpc) is 2.28. The number of rotatable bonds is 6. The topological polar surface area (TPSA) is 58.4 Å². The van der Waals surface area contributed by atoms with Crippen molar-refractivity contribution in [2.75, 3.05) is 32.1 Å². The second-order valence-electron chi connectivity index (χ2n) is 3.74. The molecule has 0 saturated heterocycles. The Morgan fingerprint density at radius 1 is 1.53 bits per heavy atom. The number of benzene rings is 1. The van der Waals surface area contributed by atoms with E-state index in [0.29, 0.717) is 12.2 Å². The summed E-state index contributed by atoms with van der Waals surface area (Å²) >= 11 is 0. The van der Waals surface area contributed by atoms with Crippen LogP contribution in [0.1, 0.15) is 6.42 Å². The highest BCUT2D eigenvalue weighted by Crippen LogP contribution is 2.29. The maximum atomic E-state index is 13.4. The second-order valence-corrected chi connectivity index (χ2v) is 3.74.